The minimum atomic E-state index is -2.89. The number of amides is 1. The molecule has 3 rings (SSSR count). The van der Waals surface area contributed by atoms with Gasteiger partial charge < -0.3 is 23.7 Å². The van der Waals surface area contributed by atoms with Crippen LogP contribution >= 0.6 is 0 Å². The number of hydrogen-bond acceptors (Lipinski definition) is 10. The molecule has 206 valence electrons. The molecule has 1 saturated heterocycles. The Balaban J connectivity index is 2.13. The van der Waals surface area contributed by atoms with E-state index in [1.54, 1.807) is 13.1 Å². The van der Waals surface area contributed by atoms with Crippen LogP contribution in [0, 0.1) is 17.2 Å². The second-order valence-electron chi connectivity index (χ2n) is 10.7. The molecule has 0 radical (unpaired) electrons. The number of nitriles is 1. The summed E-state index contributed by atoms with van der Waals surface area (Å²) in [4.78, 5) is 54.5. The van der Waals surface area contributed by atoms with Crippen LogP contribution in [-0.2, 0) is 35.2 Å². The molecule has 0 unspecified atom stereocenters. The maximum atomic E-state index is 12.8. The van der Waals surface area contributed by atoms with Crippen molar-refractivity contribution >= 4 is 26.5 Å². The van der Waals surface area contributed by atoms with E-state index in [0.29, 0.717) is 0 Å². The molecule has 1 aromatic rings. The maximum absolute atomic E-state index is 12.8. The van der Waals surface area contributed by atoms with Crippen molar-refractivity contribution in [3.05, 3.63) is 48.0 Å². The van der Waals surface area contributed by atoms with E-state index in [9.17, 15) is 24.4 Å². The Morgan fingerprint density at radius 1 is 1.16 bits per heavy atom. The van der Waals surface area contributed by atoms with Gasteiger partial charge in [-0.05, 0) is 36.2 Å². The van der Waals surface area contributed by atoms with Crippen LogP contribution in [0.5, 0.6) is 0 Å². The molecule has 0 bridgehead atoms. The lowest BCUT2D eigenvalue weighted by atomic mass is 9.63. The summed E-state index contributed by atoms with van der Waals surface area (Å²) >= 11 is 0. The molecule has 1 aliphatic carbocycles. The molecule has 12 heteroatoms. The van der Waals surface area contributed by atoms with Gasteiger partial charge in [0.25, 0.3) is 0 Å². The SMILES string of the molecule is COC(=O)O[C@@H]1[C@H](CC(C)(C)[Si](C)(C)O)[C@@](C#N)(OC(=O)OC)C=C[C@]12CC(=O)N2OCc1ccccc1. The van der Waals surface area contributed by atoms with E-state index < -0.39 is 48.8 Å². The summed E-state index contributed by atoms with van der Waals surface area (Å²) in [6.45, 7) is 7.20. The Kier molecular flexibility index (Phi) is 8.26. The van der Waals surface area contributed by atoms with Crippen LogP contribution < -0.4 is 0 Å². The Labute approximate surface area is 222 Å². The summed E-state index contributed by atoms with van der Waals surface area (Å²) in [5, 5.41) is 10.7. The zero-order valence-electron chi connectivity index (χ0n) is 22.4. The lowest BCUT2D eigenvalue weighted by molar-refractivity contribution is -0.279. The van der Waals surface area contributed by atoms with Gasteiger partial charge in [0, 0.05) is 0 Å². The number of ether oxygens (including phenoxy) is 4. The highest BCUT2D eigenvalue weighted by Crippen LogP contribution is 2.54. The average Bonchev–Trinajstić information content (AvgIpc) is 2.86. The Hall–Kier alpha value is -3.40. The number of rotatable bonds is 8. The predicted molar refractivity (Wildman–Crippen MR) is 136 cm³/mol. The topological polar surface area (TPSA) is 145 Å². The van der Waals surface area contributed by atoms with Gasteiger partial charge >= 0.3 is 12.3 Å². The molecule has 38 heavy (non-hydrogen) atoms. The molecular formula is C26H34N2O9Si. The van der Waals surface area contributed by atoms with Crippen molar-refractivity contribution < 1.29 is 43.0 Å². The molecule has 1 N–H and O–H groups in total. The molecule has 2 aliphatic rings. The highest BCUT2D eigenvalue weighted by atomic mass is 28.4. The molecule has 11 nitrogen and oxygen atoms in total. The summed E-state index contributed by atoms with van der Waals surface area (Å²) in [7, 11) is -0.646. The number of nitrogens with zero attached hydrogens (tertiary/aromatic N) is 2. The van der Waals surface area contributed by atoms with Crippen LogP contribution in [0.25, 0.3) is 0 Å². The molecule has 1 amide bonds. The zero-order valence-corrected chi connectivity index (χ0v) is 23.4. The number of carbonyl (C=O) groups excluding carboxylic acids is 3. The van der Waals surface area contributed by atoms with E-state index in [4.69, 9.17) is 19.0 Å². The van der Waals surface area contributed by atoms with Crippen molar-refractivity contribution in [2.45, 2.75) is 68.7 Å². The first-order chi connectivity index (χ1) is 17.7. The van der Waals surface area contributed by atoms with Gasteiger partial charge in [-0.15, -0.1) is 0 Å². The standard InChI is InChI=1S/C26H34N2O9Si/c1-24(2,38(5,6)32)14-19-21(36-22(30)33-3)25(12-13-26(19,17-27)37-23(31)34-4)15-20(29)28(25)35-16-18-10-8-7-9-11-18/h7-13,19,21,32H,14-16H2,1-6H3/t19-,21+,25-,26+/m0/s1. The largest absolute Gasteiger partial charge is 0.509 e. The van der Waals surface area contributed by atoms with Gasteiger partial charge in [0.1, 0.15) is 24.3 Å². The summed E-state index contributed by atoms with van der Waals surface area (Å²) in [6.07, 6.45) is -0.565. The third-order valence-corrected chi connectivity index (χ3v) is 11.2. The van der Waals surface area contributed by atoms with E-state index in [1.807, 2.05) is 50.2 Å². The first kappa shape index (κ1) is 29.2. The highest BCUT2D eigenvalue weighted by molar-refractivity contribution is 6.72. The average molecular weight is 547 g/mol. The van der Waals surface area contributed by atoms with Crippen molar-refractivity contribution in [1.82, 2.24) is 5.06 Å². The van der Waals surface area contributed by atoms with Gasteiger partial charge in [-0.25, -0.2) is 14.7 Å². The van der Waals surface area contributed by atoms with Crippen LogP contribution in [0.1, 0.15) is 32.3 Å². The van der Waals surface area contributed by atoms with E-state index >= 15 is 0 Å². The monoisotopic (exact) mass is 546 g/mol. The Morgan fingerprint density at radius 3 is 2.32 bits per heavy atom. The fourth-order valence-electron chi connectivity index (χ4n) is 4.66. The quantitative estimate of drug-likeness (QED) is 0.221. The minimum absolute atomic E-state index is 0.0575. The molecule has 1 aliphatic heterocycles. The normalized spacial score (nSPS) is 26.8. The number of methoxy groups -OCH3 is 2. The van der Waals surface area contributed by atoms with Crippen molar-refractivity contribution in [3.8, 4) is 6.07 Å². The summed E-state index contributed by atoms with van der Waals surface area (Å²) in [5.74, 6) is -1.40. The first-order valence-electron chi connectivity index (χ1n) is 12.1. The molecule has 4 atom stereocenters. The van der Waals surface area contributed by atoms with Crippen LogP contribution in [0.3, 0.4) is 0 Å². The van der Waals surface area contributed by atoms with Gasteiger partial charge in [-0.3, -0.25) is 9.63 Å². The van der Waals surface area contributed by atoms with Crippen LogP contribution in [0.15, 0.2) is 42.5 Å². The van der Waals surface area contributed by atoms with Gasteiger partial charge in [0.2, 0.25) is 11.5 Å². The molecule has 1 spiro atoms. The van der Waals surface area contributed by atoms with E-state index in [2.05, 4.69) is 4.74 Å². The van der Waals surface area contributed by atoms with Crippen molar-refractivity contribution in [1.29, 1.82) is 5.26 Å². The van der Waals surface area contributed by atoms with Gasteiger partial charge in [-0.2, -0.15) is 5.26 Å². The molecule has 0 aromatic heterocycles. The maximum Gasteiger partial charge on any atom is 0.509 e. The van der Waals surface area contributed by atoms with E-state index in [-0.39, 0.29) is 25.4 Å². The summed E-state index contributed by atoms with van der Waals surface area (Å²) < 4.78 is 20.7. The van der Waals surface area contributed by atoms with Gasteiger partial charge in [0.05, 0.1) is 26.6 Å². The number of hydroxylamine groups is 2. The number of hydrogen-bond donors (Lipinski definition) is 1. The Morgan fingerprint density at radius 2 is 1.79 bits per heavy atom. The second-order valence-corrected chi connectivity index (χ2v) is 15.1. The lowest BCUT2D eigenvalue weighted by Gasteiger charge is -2.57. The van der Waals surface area contributed by atoms with Crippen LogP contribution in [0.4, 0.5) is 9.59 Å². The molecule has 1 aromatic carbocycles. The fraction of sp³-hybridized carbons (Fsp3) is 0.538. The highest BCUT2D eigenvalue weighted by Gasteiger charge is 2.67. The smallest absolute Gasteiger partial charge is 0.438 e. The van der Waals surface area contributed by atoms with Crippen molar-refractivity contribution in [2.75, 3.05) is 14.2 Å². The van der Waals surface area contributed by atoms with Gasteiger partial charge in [0.15, 0.2) is 8.32 Å². The third kappa shape index (κ3) is 5.40. The molecule has 1 fully saturated rings. The number of carbonyl (C=O) groups is 3. The zero-order chi connectivity index (χ0) is 28.4. The van der Waals surface area contributed by atoms with Crippen LogP contribution in [-0.4, -0.2) is 67.9 Å². The minimum Gasteiger partial charge on any atom is -0.438 e. The van der Waals surface area contributed by atoms with Crippen molar-refractivity contribution in [2.24, 2.45) is 5.92 Å². The molecule has 1 heterocycles. The number of β-lactam (4-membered cyclic amide) rings is 1. The lowest BCUT2D eigenvalue weighted by Crippen LogP contribution is -2.73. The van der Waals surface area contributed by atoms with E-state index in [0.717, 1.165) is 24.8 Å². The Bertz CT molecular complexity index is 1130. The summed E-state index contributed by atoms with van der Waals surface area (Å²) in [6, 6.07) is 11.2. The fourth-order valence-corrected chi connectivity index (χ4v) is 5.38. The van der Waals surface area contributed by atoms with E-state index in [1.165, 1.54) is 12.2 Å². The van der Waals surface area contributed by atoms with Crippen LogP contribution in [0.2, 0.25) is 18.1 Å². The number of benzene rings is 1. The molecular weight excluding hydrogens is 512 g/mol. The first-order valence-corrected chi connectivity index (χ1v) is 15.1. The summed E-state index contributed by atoms with van der Waals surface area (Å²) in [5.41, 5.74) is -2.46. The predicted octanol–water partition coefficient (Wildman–Crippen LogP) is 3.84. The second kappa shape index (κ2) is 10.8. The van der Waals surface area contributed by atoms with Gasteiger partial charge in [-0.1, -0.05) is 50.3 Å². The van der Waals surface area contributed by atoms with Crippen molar-refractivity contribution in [3.63, 3.8) is 0 Å². The molecule has 0 saturated carbocycles. The third-order valence-electron chi connectivity index (χ3n) is 7.64.